The Morgan fingerprint density at radius 1 is 1.24 bits per heavy atom. The molecule has 0 saturated heterocycles. The molecule has 0 spiro atoms. The summed E-state index contributed by atoms with van der Waals surface area (Å²) < 4.78 is 1.88. The van der Waals surface area contributed by atoms with Crippen molar-refractivity contribution >= 4 is 5.82 Å². The molecule has 21 heavy (non-hydrogen) atoms. The summed E-state index contributed by atoms with van der Waals surface area (Å²) in [5.74, 6) is 0.915. The van der Waals surface area contributed by atoms with Crippen LogP contribution >= 0.6 is 0 Å². The number of nitrogens with zero attached hydrogens (tertiary/aromatic N) is 3. The first-order valence-corrected chi connectivity index (χ1v) is 7.38. The van der Waals surface area contributed by atoms with Gasteiger partial charge in [0.1, 0.15) is 5.82 Å². The minimum atomic E-state index is -0.0390. The molecule has 112 valence electrons. The van der Waals surface area contributed by atoms with Crippen LogP contribution in [0.25, 0.3) is 5.69 Å². The van der Waals surface area contributed by atoms with E-state index in [1.54, 1.807) is 0 Å². The third kappa shape index (κ3) is 2.66. The van der Waals surface area contributed by atoms with Gasteiger partial charge in [-0.2, -0.15) is 5.10 Å². The molecule has 2 N–H and O–H groups in total. The van der Waals surface area contributed by atoms with Gasteiger partial charge in [-0.25, -0.2) is 4.68 Å². The van der Waals surface area contributed by atoms with Gasteiger partial charge in [-0.15, -0.1) is 0 Å². The van der Waals surface area contributed by atoms with Gasteiger partial charge in [0.25, 0.3) is 0 Å². The van der Waals surface area contributed by atoms with E-state index in [-0.39, 0.29) is 13.2 Å². The zero-order valence-electron chi connectivity index (χ0n) is 12.2. The minimum Gasteiger partial charge on any atom is -0.395 e. The van der Waals surface area contributed by atoms with Crippen molar-refractivity contribution in [2.24, 2.45) is 0 Å². The van der Waals surface area contributed by atoms with Gasteiger partial charge >= 0.3 is 0 Å². The van der Waals surface area contributed by atoms with Crippen molar-refractivity contribution in [3.05, 3.63) is 41.6 Å². The standard InChI is InChI=1S/C16H21N3O2/c1-12-15(11-21)16(18(9-10-20)13-7-8-13)19(17-12)14-5-3-2-4-6-14/h2-6,13,20-21H,7-11H2,1H3. The van der Waals surface area contributed by atoms with Gasteiger partial charge in [-0.1, -0.05) is 18.2 Å². The molecular weight excluding hydrogens is 266 g/mol. The molecule has 1 aliphatic rings. The minimum absolute atomic E-state index is 0.0390. The Morgan fingerprint density at radius 2 is 1.95 bits per heavy atom. The molecular formula is C16H21N3O2. The van der Waals surface area contributed by atoms with Gasteiger partial charge in [-0.3, -0.25) is 0 Å². The number of anilines is 1. The van der Waals surface area contributed by atoms with Crippen molar-refractivity contribution in [2.45, 2.75) is 32.4 Å². The van der Waals surface area contributed by atoms with Crippen molar-refractivity contribution in [3.63, 3.8) is 0 Å². The van der Waals surface area contributed by atoms with Crippen LogP contribution in [-0.4, -0.2) is 39.2 Å². The smallest absolute Gasteiger partial charge is 0.138 e. The van der Waals surface area contributed by atoms with Crippen LogP contribution in [0.3, 0.4) is 0 Å². The Labute approximate surface area is 124 Å². The molecule has 0 bridgehead atoms. The van der Waals surface area contributed by atoms with Crippen LogP contribution in [0.15, 0.2) is 30.3 Å². The van der Waals surface area contributed by atoms with Gasteiger partial charge in [0.15, 0.2) is 0 Å². The quantitative estimate of drug-likeness (QED) is 0.848. The second-order valence-electron chi connectivity index (χ2n) is 5.44. The molecule has 1 heterocycles. The molecule has 5 nitrogen and oxygen atoms in total. The third-order valence-electron chi connectivity index (χ3n) is 3.92. The summed E-state index contributed by atoms with van der Waals surface area (Å²) in [5, 5.41) is 23.7. The largest absolute Gasteiger partial charge is 0.395 e. The van der Waals surface area contributed by atoms with Crippen LogP contribution in [0.5, 0.6) is 0 Å². The first-order chi connectivity index (χ1) is 10.3. The van der Waals surface area contributed by atoms with Gasteiger partial charge in [0, 0.05) is 18.2 Å². The number of aliphatic hydroxyl groups is 2. The van der Waals surface area contributed by atoms with Crippen molar-refractivity contribution < 1.29 is 10.2 Å². The average Bonchev–Trinajstić information content (AvgIpc) is 3.29. The van der Waals surface area contributed by atoms with E-state index in [0.717, 1.165) is 35.6 Å². The summed E-state index contributed by atoms with van der Waals surface area (Å²) in [7, 11) is 0. The molecule has 0 atom stereocenters. The first kappa shape index (κ1) is 14.1. The second-order valence-corrected chi connectivity index (χ2v) is 5.44. The summed E-state index contributed by atoms with van der Waals surface area (Å²) in [6.45, 7) is 2.54. The number of rotatable bonds is 6. The van der Waals surface area contributed by atoms with Gasteiger partial charge in [-0.05, 0) is 31.9 Å². The van der Waals surface area contributed by atoms with E-state index in [2.05, 4.69) is 10.00 Å². The Morgan fingerprint density at radius 3 is 2.52 bits per heavy atom. The lowest BCUT2D eigenvalue weighted by Gasteiger charge is -2.25. The van der Waals surface area contributed by atoms with Crippen molar-refractivity contribution in [1.29, 1.82) is 0 Å². The molecule has 2 aromatic rings. The fraction of sp³-hybridized carbons (Fsp3) is 0.438. The number of hydrogen-bond donors (Lipinski definition) is 2. The molecule has 0 aliphatic heterocycles. The SMILES string of the molecule is Cc1nn(-c2ccccc2)c(N(CCO)C2CC2)c1CO. The van der Waals surface area contributed by atoms with Crippen LogP contribution in [0, 0.1) is 6.92 Å². The predicted molar refractivity (Wildman–Crippen MR) is 81.7 cm³/mol. The van der Waals surface area contributed by atoms with Crippen molar-refractivity contribution in [1.82, 2.24) is 9.78 Å². The average molecular weight is 287 g/mol. The van der Waals surface area contributed by atoms with E-state index >= 15 is 0 Å². The van der Waals surface area contributed by atoms with Gasteiger partial charge in [0.2, 0.25) is 0 Å². The lowest BCUT2D eigenvalue weighted by atomic mass is 10.2. The third-order valence-corrected chi connectivity index (χ3v) is 3.92. The summed E-state index contributed by atoms with van der Waals surface area (Å²) in [6.07, 6.45) is 2.26. The van der Waals surface area contributed by atoms with E-state index in [4.69, 9.17) is 0 Å². The number of hydrogen-bond acceptors (Lipinski definition) is 4. The maximum atomic E-state index is 9.74. The second kappa shape index (κ2) is 5.87. The molecule has 0 amide bonds. The van der Waals surface area contributed by atoms with Crippen molar-refractivity contribution in [3.8, 4) is 5.69 Å². The van der Waals surface area contributed by atoms with Crippen LogP contribution < -0.4 is 4.90 Å². The highest BCUT2D eigenvalue weighted by molar-refractivity contribution is 5.56. The lowest BCUT2D eigenvalue weighted by Crippen LogP contribution is -2.31. The summed E-state index contributed by atoms with van der Waals surface area (Å²) in [6, 6.07) is 10.4. The van der Waals surface area contributed by atoms with E-state index in [0.29, 0.717) is 12.6 Å². The molecule has 1 aromatic carbocycles. The Kier molecular flexibility index (Phi) is 3.94. The summed E-state index contributed by atoms with van der Waals surface area (Å²) in [5.41, 5.74) is 2.65. The zero-order valence-corrected chi connectivity index (χ0v) is 12.2. The van der Waals surface area contributed by atoms with E-state index in [1.807, 2.05) is 41.9 Å². The molecule has 1 fully saturated rings. The zero-order chi connectivity index (χ0) is 14.8. The first-order valence-electron chi connectivity index (χ1n) is 7.38. The van der Waals surface area contributed by atoms with E-state index in [1.165, 1.54) is 0 Å². The number of aromatic nitrogens is 2. The molecule has 1 aliphatic carbocycles. The van der Waals surface area contributed by atoms with E-state index < -0.39 is 0 Å². The summed E-state index contributed by atoms with van der Waals surface area (Å²) >= 11 is 0. The summed E-state index contributed by atoms with van der Waals surface area (Å²) in [4.78, 5) is 2.18. The fourth-order valence-corrected chi connectivity index (χ4v) is 2.73. The van der Waals surface area contributed by atoms with Crippen LogP contribution in [0.4, 0.5) is 5.82 Å². The van der Waals surface area contributed by atoms with Gasteiger partial charge in [0.05, 0.1) is 24.6 Å². The number of aliphatic hydroxyl groups excluding tert-OH is 2. The molecule has 0 radical (unpaired) electrons. The molecule has 1 aromatic heterocycles. The number of para-hydroxylation sites is 1. The van der Waals surface area contributed by atoms with Gasteiger partial charge < -0.3 is 15.1 Å². The highest BCUT2D eigenvalue weighted by Crippen LogP contribution is 2.35. The van der Waals surface area contributed by atoms with Crippen LogP contribution in [0.2, 0.25) is 0 Å². The molecule has 3 rings (SSSR count). The monoisotopic (exact) mass is 287 g/mol. The topological polar surface area (TPSA) is 61.5 Å². The normalized spacial score (nSPS) is 14.4. The Hall–Kier alpha value is -1.85. The van der Waals surface area contributed by atoms with Crippen LogP contribution in [0.1, 0.15) is 24.1 Å². The van der Waals surface area contributed by atoms with Crippen molar-refractivity contribution in [2.75, 3.05) is 18.1 Å². The predicted octanol–water partition coefficient (Wildman–Crippen LogP) is 1.63. The molecule has 1 saturated carbocycles. The molecule has 0 unspecified atom stereocenters. The van der Waals surface area contributed by atoms with E-state index in [9.17, 15) is 10.2 Å². The highest BCUT2D eigenvalue weighted by atomic mass is 16.3. The molecule has 5 heteroatoms. The maximum absolute atomic E-state index is 9.74. The highest BCUT2D eigenvalue weighted by Gasteiger charge is 2.33. The fourth-order valence-electron chi connectivity index (χ4n) is 2.73. The maximum Gasteiger partial charge on any atom is 0.138 e. The number of benzene rings is 1. The number of aryl methyl sites for hydroxylation is 1. The Balaban J connectivity index is 2.11. The Bertz CT molecular complexity index is 605. The lowest BCUT2D eigenvalue weighted by molar-refractivity contribution is 0.279. The van der Waals surface area contributed by atoms with Crippen LogP contribution in [-0.2, 0) is 6.61 Å².